The van der Waals surface area contributed by atoms with Crippen LogP contribution in [0.25, 0.3) is 0 Å². The summed E-state index contributed by atoms with van der Waals surface area (Å²) in [6.07, 6.45) is -1.36. The first kappa shape index (κ1) is 18.7. The Labute approximate surface area is 163 Å². The third-order valence-corrected chi connectivity index (χ3v) is 4.45. The molecule has 0 saturated carbocycles. The van der Waals surface area contributed by atoms with E-state index in [0.717, 1.165) is 23.4 Å². The summed E-state index contributed by atoms with van der Waals surface area (Å²) in [5.74, 6) is 0.194. The molecule has 3 heterocycles. The van der Waals surface area contributed by atoms with Crippen LogP contribution in [-0.4, -0.2) is 20.9 Å². The molecule has 4 rings (SSSR count). The molecule has 2 aromatic heterocycles. The highest BCUT2D eigenvalue weighted by Gasteiger charge is 2.30. The van der Waals surface area contributed by atoms with Crippen molar-refractivity contribution in [1.82, 2.24) is 15.0 Å². The van der Waals surface area contributed by atoms with Crippen LogP contribution in [0.4, 0.5) is 30.6 Å². The molecule has 0 atom stereocenters. The molecule has 3 N–H and O–H groups in total. The van der Waals surface area contributed by atoms with Crippen LogP contribution in [-0.2, 0) is 19.3 Å². The van der Waals surface area contributed by atoms with Gasteiger partial charge in [0, 0.05) is 35.8 Å². The maximum absolute atomic E-state index is 12.8. The standard InChI is InChI=1S/C19H15F3N6O/c20-19(21,22)13-2-1-3-14(7-13)26-17(29)11-4-5-24-16(6-11)28-9-12-8-25-18(23)27-15(12)10-28/h1-8H,9-10H2,(H,26,29)(H2,23,25,27). The number of anilines is 3. The molecule has 1 aliphatic rings. The number of carbonyl (C=O) groups excluding carboxylic acids is 1. The fourth-order valence-corrected chi connectivity index (χ4v) is 3.04. The quantitative estimate of drug-likeness (QED) is 0.701. The van der Waals surface area contributed by atoms with Gasteiger partial charge in [-0.15, -0.1) is 0 Å². The number of fused-ring (bicyclic) bond motifs is 1. The lowest BCUT2D eigenvalue weighted by molar-refractivity contribution is -0.137. The van der Waals surface area contributed by atoms with E-state index in [4.69, 9.17) is 5.73 Å². The maximum atomic E-state index is 12.8. The van der Waals surface area contributed by atoms with Gasteiger partial charge in [-0.05, 0) is 30.3 Å². The number of carbonyl (C=O) groups is 1. The van der Waals surface area contributed by atoms with Crippen LogP contribution in [0.3, 0.4) is 0 Å². The Balaban J connectivity index is 1.51. The monoisotopic (exact) mass is 400 g/mol. The molecule has 0 fully saturated rings. The highest BCUT2D eigenvalue weighted by atomic mass is 19.4. The van der Waals surface area contributed by atoms with Gasteiger partial charge in [0.1, 0.15) is 5.82 Å². The molecule has 1 aromatic carbocycles. The summed E-state index contributed by atoms with van der Waals surface area (Å²) in [5, 5.41) is 2.49. The van der Waals surface area contributed by atoms with E-state index in [1.807, 2.05) is 4.90 Å². The SMILES string of the molecule is Nc1ncc2c(n1)CN(c1cc(C(=O)Nc3cccc(C(F)(F)F)c3)ccn1)C2. The molecule has 0 saturated heterocycles. The largest absolute Gasteiger partial charge is 0.416 e. The van der Waals surface area contributed by atoms with E-state index in [9.17, 15) is 18.0 Å². The number of hydrogen-bond acceptors (Lipinski definition) is 6. The Morgan fingerprint density at radius 1 is 1.14 bits per heavy atom. The molecule has 10 heteroatoms. The predicted molar refractivity (Wildman–Crippen MR) is 100.0 cm³/mol. The number of halogens is 3. The maximum Gasteiger partial charge on any atom is 0.416 e. The van der Waals surface area contributed by atoms with E-state index in [-0.39, 0.29) is 17.2 Å². The van der Waals surface area contributed by atoms with Crippen LogP contribution >= 0.6 is 0 Å². The van der Waals surface area contributed by atoms with Crippen LogP contribution < -0.4 is 16.0 Å². The summed E-state index contributed by atoms with van der Waals surface area (Å²) < 4.78 is 38.5. The van der Waals surface area contributed by atoms with Crippen molar-refractivity contribution in [2.45, 2.75) is 19.3 Å². The average Bonchev–Trinajstić information content (AvgIpc) is 3.11. The zero-order valence-corrected chi connectivity index (χ0v) is 14.9. The minimum Gasteiger partial charge on any atom is -0.368 e. The summed E-state index contributed by atoms with van der Waals surface area (Å²) in [6.45, 7) is 0.981. The van der Waals surface area contributed by atoms with Crippen LogP contribution in [0.15, 0.2) is 48.8 Å². The zero-order chi connectivity index (χ0) is 20.6. The molecule has 0 bridgehead atoms. The number of rotatable bonds is 3. The highest BCUT2D eigenvalue weighted by molar-refractivity contribution is 6.04. The van der Waals surface area contributed by atoms with Gasteiger partial charge in [0.25, 0.3) is 5.91 Å². The molecule has 3 aromatic rings. The second-order valence-corrected chi connectivity index (χ2v) is 6.49. The van der Waals surface area contributed by atoms with Crippen molar-refractivity contribution in [3.05, 3.63) is 71.2 Å². The number of hydrogen-bond donors (Lipinski definition) is 2. The van der Waals surface area contributed by atoms with E-state index in [0.29, 0.717) is 18.9 Å². The number of nitrogens with one attached hydrogen (secondary N) is 1. The van der Waals surface area contributed by atoms with Gasteiger partial charge in [-0.1, -0.05) is 6.07 Å². The van der Waals surface area contributed by atoms with Crippen molar-refractivity contribution in [1.29, 1.82) is 0 Å². The number of alkyl halides is 3. The van der Waals surface area contributed by atoms with Crippen molar-refractivity contribution in [3.8, 4) is 0 Å². The van der Waals surface area contributed by atoms with E-state index >= 15 is 0 Å². The molecule has 0 radical (unpaired) electrons. The second-order valence-electron chi connectivity index (χ2n) is 6.49. The van der Waals surface area contributed by atoms with Crippen molar-refractivity contribution in [2.24, 2.45) is 0 Å². The van der Waals surface area contributed by atoms with Gasteiger partial charge in [-0.25, -0.2) is 15.0 Å². The fourth-order valence-electron chi connectivity index (χ4n) is 3.04. The van der Waals surface area contributed by atoms with Crippen molar-refractivity contribution in [2.75, 3.05) is 16.0 Å². The molecular formula is C19H15F3N6O. The summed E-state index contributed by atoms with van der Waals surface area (Å²) in [6, 6.07) is 7.54. The molecule has 0 unspecified atom stereocenters. The third kappa shape index (κ3) is 3.96. The molecule has 0 spiro atoms. The first-order valence-electron chi connectivity index (χ1n) is 8.59. The number of aromatic nitrogens is 3. The van der Waals surface area contributed by atoms with Gasteiger partial charge in [0.15, 0.2) is 0 Å². The molecule has 1 amide bonds. The number of nitrogens with two attached hydrogens (primary N) is 1. The minimum absolute atomic E-state index is 0.0579. The average molecular weight is 400 g/mol. The first-order valence-corrected chi connectivity index (χ1v) is 8.59. The summed E-state index contributed by atoms with van der Waals surface area (Å²) in [4.78, 5) is 26.9. The van der Waals surface area contributed by atoms with E-state index < -0.39 is 17.6 Å². The van der Waals surface area contributed by atoms with Gasteiger partial charge in [-0.3, -0.25) is 4.79 Å². The normalized spacial score (nSPS) is 13.3. The number of amides is 1. The zero-order valence-electron chi connectivity index (χ0n) is 14.9. The Morgan fingerprint density at radius 2 is 1.97 bits per heavy atom. The lowest BCUT2D eigenvalue weighted by Crippen LogP contribution is -2.18. The lowest BCUT2D eigenvalue weighted by Gasteiger charge is -2.16. The summed E-state index contributed by atoms with van der Waals surface area (Å²) in [5.41, 5.74) is 6.81. The molecule has 29 heavy (non-hydrogen) atoms. The van der Waals surface area contributed by atoms with Gasteiger partial charge < -0.3 is 16.0 Å². The van der Waals surface area contributed by atoms with E-state index in [2.05, 4.69) is 20.3 Å². The van der Waals surface area contributed by atoms with Crippen molar-refractivity contribution < 1.29 is 18.0 Å². The van der Waals surface area contributed by atoms with Gasteiger partial charge >= 0.3 is 6.18 Å². The van der Waals surface area contributed by atoms with Crippen LogP contribution in [0.1, 0.15) is 27.2 Å². The van der Waals surface area contributed by atoms with Gasteiger partial charge in [-0.2, -0.15) is 13.2 Å². The molecule has 1 aliphatic heterocycles. The second kappa shape index (κ2) is 7.04. The number of nitrogen functional groups attached to an aromatic ring is 1. The molecule has 0 aliphatic carbocycles. The van der Waals surface area contributed by atoms with Crippen LogP contribution in [0.5, 0.6) is 0 Å². The topological polar surface area (TPSA) is 97.0 Å². The lowest BCUT2D eigenvalue weighted by atomic mass is 10.2. The highest BCUT2D eigenvalue weighted by Crippen LogP contribution is 2.31. The van der Waals surface area contributed by atoms with Crippen molar-refractivity contribution >= 4 is 23.4 Å². The number of nitrogens with zero attached hydrogens (tertiary/aromatic N) is 4. The Hall–Kier alpha value is -3.69. The van der Waals surface area contributed by atoms with Crippen LogP contribution in [0.2, 0.25) is 0 Å². The Bertz CT molecular complexity index is 1090. The number of benzene rings is 1. The smallest absolute Gasteiger partial charge is 0.368 e. The third-order valence-electron chi connectivity index (χ3n) is 4.45. The van der Waals surface area contributed by atoms with E-state index in [1.54, 1.807) is 12.3 Å². The number of pyridine rings is 1. The first-order chi connectivity index (χ1) is 13.8. The predicted octanol–water partition coefficient (Wildman–Crippen LogP) is 3.25. The van der Waals surface area contributed by atoms with Gasteiger partial charge in [0.2, 0.25) is 5.95 Å². The minimum atomic E-state index is -4.48. The summed E-state index contributed by atoms with van der Waals surface area (Å²) >= 11 is 0. The Kier molecular flexibility index (Phi) is 4.53. The van der Waals surface area contributed by atoms with Crippen LogP contribution in [0, 0.1) is 0 Å². The molecule has 7 nitrogen and oxygen atoms in total. The molecular weight excluding hydrogens is 385 g/mol. The Morgan fingerprint density at radius 3 is 2.76 bits per heavy atom. The van der Waals surface area contributed by atoms with E-state index in [1.165, 1.54) is 24.4 Å². The summed E-state index contributed by atoms with van der Waals surface area (Å²) in [7, 11) is 0. The van der Waals surface area contributed by atoms with Gasteiger partial charge in [0.05, 0.1) is 17.8 Å². The van der Waals surface area contributed by atoms with Crippen molar-refractivity contribution in [3.63, 3.8) is 0 Å². The molecule has 148 valence electrons. The fraction of sp³-hybridized carbons (Fsp3) is 0.158.